The molecule has 2 aliphatic rings. The lowest BCUT2D eigenvalue weighted by molar-refractivity contribution is 0.0694. The highest BCUT2D eigenvalue weighted by atomic mass is 16.5. The molecule has 1 aromatic carbocycles. The normalized spacial score (nSPS) is 15.0. The lowest BCUT2D eigenvalue weighted by Crippen LogP contribution is -2.44. The molecule has 5 rings (SSSR count). The van der Waals surface area contributed by atoms with Crippen LogP contribution in [0.15, 0.2) is 41.6 Å². The minimum Gasteiger partial charge on any atom is -0.496 e. The van der Waals surface area contributed by atoms with Crippen LogP contribution in [0.25, 0.3) is 22.4 Å². The number of methoxy groups -OCH3 is 1. The minimum absolute atomic E-state index is 0.0965. The molecule has 0 saturated heterocycles. The summed E-state index contributed by atoms with van der Waals surface area (Å²) in [5, 5.41) is 16.0. The molecule has 1 aliphatic heterocycles. The van der Waals surface area contributed by atoms with Crippen molar-refractivity contribution in [3.8, 4) is 28.1 Å². The summed E-state index contributed by atoms with van der Waals surface area (Å²) in [6.45, 7) is 4.66. The van der Waals surface area contributed by atoms with E-state index in [9.17, 15) is 14.7 Å². The molecule has 0 radical (unpaired) electrons. The number of nitrogens with zero attached hydrogens (tertiary/aromatic N) is 4. The summed E-state index contributed by atoms with van der Waals surface area (Å²) in [6.07, 6.45) is 7.67. The zero-order valence-electron chi connectivity index (χ0n) is 17.7. The second-order valence-electron chi connectivity index (χ2n) is 8.43. The summed E-state index contributed by atoms with van der Waals surface area (Å²) in [5.41, 5.74) is 3.76. The van der Waals surface area contributed by atoms with E-state index in [1.165, 1.54) is 12.3 Å². The summed E-state index contributed by atoms with van der Waals surface area (Å²) >= 11 is 0. The van der Waals surface area contributed by atoms with Crippen molar-refractivity contribution in [1.82, 2.24) is 14.5 Å². The molecule has 0 bridgehead atoms. The highest BCUT2D eigenvalue weighted by Crippen LogP contribution is 2.41. The summed E-state index contributed by atoms with van der Waals surface area (Å²) in [7, 11) is 1.63. The molecule has 31 heavy (non-hydrogen) atoms. The third-order valence-electron chi connectivity index (χ3n) is 6.00. The van der Waals surface area contributed by atoms with Crippen LogP contribution < -0.4 is 15.2 Å². The number of pyridine rings is 1. The predicted molar refractivity (Wildman–Crippen MR) is 116 cm³/mol. The third kappa shape index (κ3) is 3.19. The van der Waals surface area contributed by atoms with E-state index >= 15 is 0 Å². The molecule has 1 saturated carbocycles. The van der Waals surface area contributed by atoms with Gasteiger partial charge in [0.2, 0.25) is 0 Å². The van der Waals surface area contributed by atoms with Gasteiger partial charge in [0.25, 0.3) is 0 Å². The molecule has 8 heteroatoms. The maximum absolute atomic E-state index is 12.5. The maximum Gasteiger partial charge on any atom is 0.341 e. The Labute approximate surface area is 179 Å². The first-order chi connectivity index (χ1) is 14.9. The van der Waals surface area contributed by atoms with Gasteiger partial charge in [-0.3, -0.25) is 14.2 Å². The Kier molecular flexibility index (Phi) is 4.39. The van der Waals surface area contributed by atoms with Crippen molar-refractivity contribution < 1.29 is 14.6 Å². The number of carboxylic acids is 1. The van der Waals surface area contributed by atoms with E-state index in [2.05, 4.69) is 17.4 Å². The Morgan fingerprint density at radius 1 is 1.19 bits per heavy atom. The van der Waals surface area contributed by atoms with Gasteiger partial charge in [0.15, 0.2) is 5.43 Å². The standard InChI is InChI=1S/C23H24N4O4/c1-13(2)26-11-14-6-18(15-9-24-25(10-15)16-4-5-16)22(31-3)7-17(14)20-8-21(28)19(23(29)30)12-27(20)26/h6-10,12-13,16H,4-5,11H2,1-3H3,(H,29,30). The third-order valence-corrected chi connectivity index (χ3v) is 6.00. The first-order valence-electron chi connectivity index (χ1n) is 10.4. The fourth-order valence-corrected chi connectivity index (χ4v) is 4.18. The van der Waals surface area contributed by atoms with E-state index in [1.54, 1.807) is 11.8 Å². The van der Waals surface area contributed by atoms with Crippen LogP contribution in [0, 0.1) is 0 Å². The molecule has 0 amide bonds. The molecule has 0 unspecified atom stereocenters. The molecule has 1 aliphatic carbocycles. The average Bonchev–Trinajstić information content (AvgIpc) is 3.48. The van der Waals surface area contributed by atoms with Crippen molar-refractivity contribution >= 4 is 5.97 Å². The lowest BCUT2D eigenvalue weighted by atomic mass is 9.95. The van der Waals surface area contributed by atoms with Gasteiger partial charge in [-0.05, 0) is 44.4 Å². The van der Waals surface area contributed by atoms with Gasteiger partial charge < -0.3 is 14.9 Å². The van der Waals surface area contributed by atoms with Gasteiger partial charge in [0.1, 0.15) is 11.3 Å². The summed E-state index contributed by atoms with van der Waals surface area (Å²) in [5.74, 6) is -0.538. The number of benzene rings is 1. The number of rotatable bonds is 5. The molecule has 3 heterocycles. The number of hydrogen-bond acceptors (Lipinski definition) is 5. The molecule has 2 aromatic heterocycles. The number of ether oxygens (including phenoxy) is 1. The van der Waals surface area contributed by atoms with E-state index in [0.717, 1.165) is 35.1 Å². The second-order valence-corrected chi connectivity index (χ2v) is 8.43. The van der Waals surface area contributed by atoms with Crippen molar-refractivity contribution in [1.29, 1.82) is 0 Å². The van der Waals surface area contributed by atoms with Crippen LogP contribution in [0.3, 0.4) is 0 Å². The largest absolute Gasteiger partial charge is 0.496 e. The molecule has 0 atom stereocenters. The molecular formula is C23H24N4O4. The fraction of sp³-hybridized carbons (Fsp3) is 0.348. The van der Waals surface area contributed by atoms with E-state index in [0.29, 0.717) is 24.0 Å². The van der Waals surface area contributed by atoms with Crippen molar-refractivity contribution in [3.63, 3.8) is 0 Å². The fourth-order valence-electron chi connectivity index (χ4n) is 4.18. The maximum atomic E-state index is 12.5. The molecule has 1 fully saturated rings. The Hall–Kier alpha value is -3.55. The van der Waals surface area contributed by atoms with E-state index in [4.69, 9.17) is 4.74 Å². The van der Waals surface area contributed by atoms with Crippen LogP contribution in [0.5, 0.6) is 5.75 Å². The van der Waals surface area contributed by atoms with E-state index in [-0.39, 0.29) is 11.6 Å². The molecule has 1 N–H and O–H groups in total. The van der Waals surface area contributed by atoms with Crippen LogP contribution in [0.4, 0.5) is 0 Å². The zero-order valence-corrected chi connectivity index (χ0v) is 17.7. The Morgan fingerprint density at radius 2 is 1.97 bits per heavy atom. The van der Waals surface area contributed by atoms with Crippen LogP contribution in [-0.2, 0) is 6.54 Å². The summed E-state index contributed by atoms with van der Waals surface area (Å²) in [6, 6.07) is 6.02. The predicted octanol–water partition coefficient (Wildman–Crippen LogP) is 3.28. The van der Waals surface area contributed by atoms with Crippen molar-refractivity contribution in [2.24, 2.45) is 0 Å². The number of carboxylic acid groups (broad SMARTS) is 1. The Morgan fingerprint density at radius 3 is 2.61 bits per heavy atom. The van der Waals surface area contributed by atoms with Crippen LogP contribution in [0.2, 0.25) is 0 Å². The van der Waals surface area contributed by atoms with Crippen LogP contribution in [-0.4, -0.2) is 38.7 Å². The minimum atomic E-state index is -1.23. The van der Waals surface area contributed by atoms with Crippen molar-refractivity contribution in [3.05, 3.63) is 58.1 Å². The van der Waals surface area contributed by atoms with Gasteiger partial charge in [-0.25, -0.2) is 4.79 Å². The lowest BCUT2D eigenvalue weighted by Gasteiger charge is -2.38. The Bertz CT molecular complexity index is 1250. The van der Waals surface area contributed by atoms with Crippen LogP contribution in [0.1, 0.15) is 48.7 Å². The van der Waals surface area contributed by atoms with Crippen LogP contribution >= 0.6 is 0 Å². The number of aromatic carboxylic acids is 1. The van der Waals surface area contributed by atoms with E-state index < -0.39 is 11.4 Å². The number of hydrogen-bond donors (Lipinski definition) is 1. The van der Waals surface area contributed by atoms with Gasteiger partial charge in [-0.1, -0.05) is 0 Å². The van der Waals surface area contributed by atoms with Gasteiger partial charge in [-0.15, -0.1) is 0 Å². The SMILES string of the molecule is COc1cc2c(cc1-c1cnn(C3CC3)c1)CN(C(C)C)n1cc(C(=O)O)c(=O)cc1-2. The molecule has 3 aromatic rings. The molecule has 0 spiro atoms. The van der Waals surface area contributed by atoms with Gasteiger partial charge in [0, 0.05) is 41.2 Å². The highest BCUT2D eigenvalue weighted by Gasteiger charge is 2.28. The van der Waals surface area contributed by atoms with Gasteiger partial charge in [0.05, 0.1) is 31.6 Å². The molecular weight excluding hydrogens is 396 g/mol. The Balaban J connectivity index is 1.69. The molecule has 160 valence electrons. The first kappa shape index (κ1) is 19.4. The van der Waals surface area contributed by atoms with E-state index in [1.807, 2.05) is 35.8 Å². The number of carbonyl (C=O) groups is 1. The zero-order chi connectivity index (χ0) is 21.9. The summed E-state index contributed by atoms with van der Waals surface area (Å²) < 4.78 is 9.49. The highest BCUT2D eigenvalue weighted by molar-refractivity contribution is 5.88. The topological polar surface area (TPSA) is 89.6 Å². The van der Waals surface area contributed by atoms with Crippen molar-refractivity contribution in [2.75, 3.05) is 12.1 Å². The summed E-state index contributed by atoms with van der Waals surface area (Å²) in [4.78, 5) is 24.0. The number of aromatic nitrogens is 3. The van der Waals surface area contributed by atoms with Crippen molar-refractivity contribution in [2.45, 2.75) is 45.3 Å². The quantitative estimate of drug-likeness (QED) is 0.681. The van der Waals surface area contributed by atoms with Gasteiger partial charge >= 0.3 is 5.97 Å². The second kappa shape index (κ2) is 7.01. The first-order valence-corrected chi connectivity index (χ1v) is 10.4. The number of fused-ring (bicyclic) bond motifs is 3. The van der Waals surface area contributed by atoms with Gasteiger partial charge in [-0.2, -0.15) is 5.10 Å². The monoisotopic (exact) mass is 420 g/mol. The molecule has 8 nitrogen and oxygen atoms in total. The smallest absolute Gasteiger partial charge is 0.341 e. The average molecular weight is 420 g/mol.